The van der Waals surface area contributed by atoms with Gasteiger partial charge in [0, 0.05) is 17.3 Å². The molecule has 0 radical (unpaired) electrons. The van der Waals surface area contributed by atoms with Gasteiger partial charge in [0.15, 0.2) is 11.5 Å². The molecule has 1 heterocycles. The molecule has 0 saturated heterocycles. The first kappa shape index (κ1) is 18.3. The minimum atomic E-state index is -0.472. The Kier molecular flexibility index (Phi) is 5.30. The van der Waals surface area contributed by atoms with Gasteiger partial charge in [0.2, 0.25) is 0 Å². The maximum atomic E-state index is 13.2. The second-order valence-electron chi connectivity index (χ2n) is 5.90. The molecule has 0 unspecified atom stereocenters. The number of carbonyl (C=O) groups is 2. The average Bonchev–Trinajstić information content (AvgIpc) is 3.01. The molecule has 1 aromatic heterocycles. The minimum Gasteiger partial charge on any atom is -0.489 e. The number of carbonyl (C=O) groups excluding carboxylic acids is 2. The van der Waals surface area contributed by atoms with Gasteiger partial charge in [0.1, 0.15) is 23.9 Å². The SMILES string of the molecule is CC(=O)c1ccc(NC(=O)c2noc(C)c2COc2cccc(F)c2)cc1. The number of hydrogen-bond acceptors (Lipinski definition) is 5. The lowest BCUT2D eigenvalue weighted by Gasteiger charge is -2.08. The van der Waals surface area contributed by atoms with E-state index in [4.69, 9.17) is 9.26 Å². The first-order valence-corrected chi connectivity index (χ1v) is 8.20. The fourth-order valence-corrected chi connectivity index (χ4v) is 2.43. The van der Waals surface area contributed by atoms with Crippen molar-refractivity contribution < 1.29 is 23.2 Å². The van der Waals surface area contributed by atoms with Crippen molar-refractivity contribution in [3.8, 4) is 5.75 Å². The molecule has 27 heavy (non-hydrogen) atoms. The van der Waals surface area contributed by atoms with E-state index in [0.29, 0.717) is 28.3 Å². The van der Waals surface area contributed by atoms with Gasteiger partial charge in [0.25, 0.3) is 5.91 Å². The monoisotopic (exact) mass is 368 g/mol. The minimum absolute atomic E-state index is 0.00478. The zero-order chi connectivity index (χ0) is 19.4. The van der Waals surface area contributed by atoms with Gasteiger partial charge in [-0.2, -0.15) is 0 Å². The Morgan fingerprint density at radius 1 is 1.19 bits per heavy atom. The van der Waals surface area contributed by atoms with E-state index >= 15 is 0 Å². The maximum Gasteiger partial charge on any atom is 0.278 e. The Morgan fingerprint density at radius 3 is 2.59 bits per heavy atom. The average molecular weight is 368 g/mol. The van der Waals surface area contributed by atoms with E-state index < -0.39 is 11.7 Å². The van der Waals surface area contributed by atoms with Crippen LogP contribution in [0.4, 0.5) is 10.1 Å². The molecule has 0 fully saturated rings. The third-order valence-electron chi connectivity index (χ3n) is 3.93. The standard InChI is InChI=1S/C20H17FN2O4/c1-12(24)14-6-8-16(9-7-14)22-20(25)19-18(13(2)27-23-19)11-26-17-5-3-4-15(21)10-17/h3-10H,11H2,1-2H3,(H,22,25). The Morgan fingerprint density at radius 2 is 1.93 bits per heavy atom. The van der Waals surface area contributed by atoms with Gasteiger partial charge in [-0.05, 0) is 50.2 Å². The lowest BCUT2D eigenvalue weighted by atomic mass is 10.1. The van der Waals surface area contributed by atoms with Gasteiger partial charge in [-0.15, -0.1) is 0 Å². The Balaban J connectivity index is 1.72. The number of aryl methyl sites for hydroxylation is 1. The number of benzene rings is 2. The molecule has 3 rings (SSSR count). The largest absolute Gasteiger partial charge is 0.489 e. The molecule has 1 N–H and O–H groups in total. The topological polar surface area (TPSA) is 81.4 Å². The van der Waals surface area contributed by atoms with Crippen LogP contribution in [0.2, 0.25) is 0 Å². The van der Waals surface area contributed by atoms with Gasteiger partial charge in [-0.25, -0.2) is 4.39 Å². The Labute approximate surface area is 154 Å². The summed E-state index contributed by atoms with van der Waals surface area (Å²) in [5.41, 5.74) is 1.62. The molecule has 7 heteroatoms. The summed E-state index contributed by atoms with van der Waals surface area (Å²) >= 11 is 0. The third kappa shape index (κ3) is 4.38. The molecule has 0 spiro atoms. The van der Waals surface area contributed by atoms with Crippen LogP contribution in [-0.4, -0.2) is 16.8 Å². The number of nitrogens with zero attached hydrogens (tertiary/aromatic N) is 1. The van der Waals surface area contributed by atoms with Crippen LogP contribution in [0.1, 0.15) is 39.1 Å². The van der Waals surface area contributed by atoms with Gasteiger partial charge in [0.05, 0.1) is 5.56 Å². The molecule has 0 aliphatic carbocycles. The van der Waals surface area contributed by atoms with Gasteiger partial charge < -0.3 is 14.6 Å². The molecule has 6 nitrogen and oxygen atoms in total. The van der Waals surface area contributed by atoms with Crippen molar-refractivity contribution in [2.75, 3.05) is 5.32 Å². The number of aromatic nitrogens is 1. The van der Waals surface area contributed by atoms with Crippen molar-refractivity contribution >= 4 is 17.4 Å². The number of nitrogens with one attached hydrogen (secondary N) is 1. The lowest BCUT2D eigenvalue weighted by molar-refractivity contribution is 0.101. The molecule has 0 bridgehead atoms. The highest BCUT2D eigenvalue weighted by molar-refractivity contribution is 6.04. The zero-order valence-corrected chi connectivity index (χ0v) is 14.8. The molecule has 138 valence electrons. The maximum absolute atomic E-state index is 13.2. The number of Topliss-reactive ketones (excluding diaryl/α,β-unsaturated/α-hetero) is 1. The summed E-state index contributed by atoms with van der Waals surface area (Å²) < 4.78 is 23.9. The number of hydrogen-bond donors (Lipinski definition) is 1. The van der Waals surface area contributed by atoms with Crippen LogP contribution in [0, 0.1) is 12.7 Å². The van der Waals surface area contributed by atoms with Crippen molar-refractivity contribution in [3.05, 3.63) is 76.9 Å². The van der Waals surface area contributed by atoms with Gasteiger partial charge in [-0.3, -0.25) is 9.59 Å². The van der Waals surface area contributed by atoms with E-state index in [1.54, 1.807) is 37.3 Å². The van der Waals surface area contributed by atoms with E-state index in [9.17, 15) is 14.0 Å². The summed E-state index contributed by atoms with van der Waals surface area (Å²) in [5, 5.41) is 6.49. The lowest BCUT2D eigenvalue weighted by Crippen LogP contribution is -2.15. The second kappa shape index (κ2) is 7.82. The summed E-state index contributed by atoms with van der Waals surface area (Å²) in [6.45, 7) is 3.14. The Bertz CT molecular complexity index is 980. The van der Waals surface area contributed by atoms with Crippen LogP contribution in [-0.2, 0) is 6.61 Å². The van der Waals surface area contributed by atoms with E-state index in [2.05, 4.69) is 10.5 Å². The zero-order valence-electron chi connectivity index (χ0n) is 14.8. The van der Waals surface area contributed by atoms with Crippen molar-refractivity contribution in [2.45, 2.75) is 20.5 Å². The van der Waals surface area contributed by atoms with Crippen molar-refractivity contribution in [2.24, 2.45) is 0 Å². The number of halogens is 1. The van der Waals surface area contributed by atoms with Crippen LogP contribution in [0.25, 0.3) is 0 Å². The molecule has 1 amide bonds. The molecule has 3 aromatic rings. The summed E-state index contributed by atoms with van der Waals surface area (Å²) in [7, 11) is 0. The number of ether oxygens (including phenoxy) is 1. The molecular weight excluding hydrogens is 351 g/mol. The Hall–Kier alpha value is -3.48. The molecule has 0 saturated carbocycles. The van der Waals surface area contributed by atoms with Crippen LogP contribution in [0.5, 0.6) is 5.75 Å². The molecule has 2 aromatic carbocycles. The first-order valence-electron chi connectivity index (χ1n) is 8.20. The summed E-state index contributed by atoms with van der Waals surface area (Å²) in [6, 6.07) is 12.2. The van der Waals surface area contributed by atoms with Gasteiger partial charge >= 0.3 is 0 Å². The van der Waals surface area contributed by atoms with Gasteiger partial charge in [-0.1, -0.05) is 11.2 Å². The van der Waals surface area contributed by atoms with Crippen LogP contribution in [0.3, 0.4) is 0 Å². The van der Waals surface area contributed by atoms with E-state index in [0.717, 1.165) is 0 Å². The van der Waals surface area contributed by atoms with Crippen molar-refractivity contribution in [1.82, 2.24) is 5.16 Å². The smallest absolute Gasteiger partial charge is 0.278 e. The normalized spacial score (nSPS) is 10.5. The summed E-state index contributed by atoms with van der Waals surface area (Å²) in [4.78, 5) is 23.8. The summed E-state index contributed by atoms with van der Waals surface area (Å²) in [6.07, 6.45) is 0. The molecule has 0 aliphatic heterocycles. The molecular formula is C20H17FN2O4. The molecule has 0 aliphatic rings. The van der Waals surface area contributed by atoms with Crippen molar-refractivity contribution in [3.63, 3.8) is 0 Å². The van der Waals surface area contributed by atoms with Crippen LogP contribution in [0.15, 0.2) is 53.1 Å². The predicted molar refractivity (Wildman–Crippen MR) is 96.4 cm³/mol. The third-order valence-corrected chi connectivity index (χ3v) is 3.93. The van der Waals surface area contributed by atoms with Crippen LogP contribution < -0.4 is 10.1 Å². The number of rotatable bonds is 6. The number of amides is 1. The molecule has 0 atom stereocenters. The number of anilines is 1. The highest BCUT2D eigenvalue weighted by Gasteiger charge is 2.20. The highest BCUT2D eigenvalue weighted by Crippen LogP contribution is 2.20. The summed E-state index contributed by atoms with van der Waals surface area (Å²) in [5.74, 6) is -0.177. The second-order valence-corrected chi connectivity index (χ2v) is 5.90. The fraction of sp³-hybridized carbons (Fsp3) is 0.150. The first-order chi connectivity index (χ1) is 12.9. The van der Waals surface area contributed by atoms with E-state index in [1.807, 2.05) is 0 Å². The number of ketones is 1. The fourth-order valence-electron chi connectivity index (χ4n) is 2.43. The predicted octanol–water partition coefficient (Wildman–Crippen LogP) is 4.16. The van der Waals surface area contributed by atoms with Crippen LogP contribution >= 0.6 is 0 Å². The highest BCUT2D eigenvalue weighted by atomic mass is 19.1. The van der Waals surface area contributed by atoms with E-state index in [1.165, 1.54) is 25.1 Å². The van der Waals surface area contributed by atoms with E-state index in [-0.39, 0.29) is 18.1 Å². The van der Waals surface area contributed by atoms with Crippen molar-refractivity contribution in [1.29, 1.82) is 0 Å². The quantitative estimate of drug-likeness (QED) is 0.661.